The maximum Gasteiger partial charge on any atom is 0.234 e. The van der Waals surface area contributed by atoms with Gasteiger partial charge >= 0.3 is 0 Å². The van der Waals surface area contributed by atoms with Crippen LogP contribution in [0.2, 0.25) is 0 Å². The van der Waals surface area contributed by atoms with Crippen LogP contribution in [0.1, 0.15) is 46.5 Å². The molecule has 4 heteroatoms. The summed E-state index contributed by atoms with van der Waals surface area (Å²) in [6.45, 7) is 6.49. The molecule has 0 aromatic heterocycles. The second kappa shape index (κ2) is 6.97. The summed E-state index contributed by atoms with van der Waals surface area (Å²) in [5.74, 6) is 0.461. The van der Waals surface area contributed by atoms with Crippen LogP contribution in [0, 0.1) is 5.92 Å². The zero-order valence-corrected chi connectivity index (χ0v) is 11.2. The van der Waals surface area contributed by atoms with E-state index in [1.54, 1.807) is 0 Å². The predicted octanol–water partition coefficient (Wildman–Crippen LogP) is 1.04. The third kappa shape index (κ3) is 5.04. The number of rotatable bonds is 5. The Labute approximate surface area is 104 Å². The van der Waals surface area contributed by atoms with Crippen LogP contribution in [0.3, 0.4) is 0 Å². The van der Waals surface area contributed by atoms with E-state index in [1.165, 1.54) is 0 Å². The molecule has 0 aliphatic heterocycles. The largest absolute Gasteiger partial charge is 0.392 e. The van der Waals surface area contributed by atoms with E-state index in [4.69, 9.17) is 0 Å². The number of hydrogen-bond donors (Lipinski definition) is 3. The van der Waals surface area contributed by atoms with Crippen LogP contribution in [0.15, 0.2) is 0 Å². The van der Waals surface area contributed by atoms with E-state index >= 15 is 0 Å². The lowest BCUT2D eigenvalue weighted by molar-refractivity contribution is -0.121. The molecule has 1 fully saturated rings. The van der Waals surface area contributed by atoms with E-state index in [1.807, 2.05) is 6.92 Å². The van der Waals surface area contributed by atoms with Crippen LogP contribution in [-0.4, -0.2) is 35.7 Å². The van der Waals surface area contributed by atoms with Crippen LogP contribution in [0.5, 0.6) is 0 Å². The van der Waals surface area contributed by atoms with Gasteiger partial charge in [-0.1, -0.05) is 26.7 Å². The topological polar surface area (TPSA) is 61.4 Å². The Hall–Kier alpha value is -0.610. The van der Waals surface area contributed by atoms with E-state index in [0.717, 1.165) is 25.7 Å². The molecule has 0 heterocycles. The summed E-state index contributed by atoms with van der Waals surface area (Å²) < 4.78 is 0. The van der Waals surface area contributed by atoms with Crippen LogP contribution < -0.4 is 10.6 Å². The number of hydrogen-bond acceptors (Lipinski definition) is 3. The van der Waals surface area contributed by atoms with Crippen LogP contribution in [0.4, 0.5) is 0 Å². The second-order valence-corrected chi connectivity index (χ2v) is 5.44. The normalized spacial score (nSPS) is 26.9. The van der Waals surface area contributed by atoms with E-state index in [-0.39, 0.29) is 24.1 Å². The van der Waals surface area contributed by atoms with E-state index in [2.05, 4.69) is 24.5 Å². The summed E-state index contributed by atoms with van der Waals surface area (Å²) >= 11 is 0. The number of carbonyl (C=O) groups is 1. The second-order valence-electron chi connectivity index (χ2n) is 5.44. The van der Waals surface area contributed by atoms with Gasteiger partial charge in [0.25, 0.3) is 0 Å². The zero-order valence-electron chi connectivity index (χ0n) is 11.2. The van der Waals surface area contributed by atoms with Gasteiger partial charge in [-0.25, -0.2) is 0 Å². The molecular weight excluding hydrogens is 216 g/mol. The Bertz CT molecular complexity index is 244. The number of carbonyl (C=O) groups excluding carboxylic acids is 1. The smallest absolute Gasteiger partial charge is 0.234 e. The molecule has 100 valence electrons. The minimum Gasteiger partial charge on any atom is -0.392 e. The molecule has 1 saturated carbocycles. The lowest BCUT2D eigenvalue weighted by Gasteiger charge is -2.28. The van der Waals surface area contributed by atoms with Crippen LogP contribution in [0.25, 0.3) is 0 Å². The third-order valence-electron chi connectivity index (χ3n) is 3.64. The highest BCUT2D eigenvalue weighted by molar-refractivity contribution is 5.78. The number of aliphatic hydroxyl groups excluding tert-OH is 1. The molecule has 3 unspecified atom stereocenters. The molecule has 17 heavy (non-hydrogen) atoms. The minimum absolute atomic E-state index is 0.0176. The number of aliphatic hydroxyl groups is 1. The van der Waals surface area contributed by atoms with E-state index in [0.29, 0.717) is 12.5 Å². The lowest BCUT2D eigenvalue weighted by Crippen LogP contribution is -2.48. The molecule has 4 nitrogen and oxygen atoms in total. The number of amides is 1. The molecule has 0 spiro atoms. The summed E-state index contributed by atoms with van der Waals surface area (Å²) in [6, 6.07) is 0.282. The molecule has 3 atom stereocenters. The molecule has 0 radical (unpaired) electrons. The Kier molecular flexibility index (Phi) is 5.92. The fourth-order valence-electron chi connectivity index (χ4n) is 2.04. The van der Waals surface area contributed by atoms with Crippen LogP contribution in [-0.2, 0) is 4.79 Å². The molecule has 1 rings (SSSR count). The highest BCUT2D eigenvalue weighted by Crippen LogP contribution is 2.17. The van der Waals surface area contributed by atoms with Gasteiger partial charge in [0.1, 0.15) is 0 Å². The summed E-state index contributed by atoms with van der Waals surface area (Å²) in [7, 11) is 0. The van der Waals surface area contributed by atoms with Gasteiger partial charge in [0.05, 0.1) is 12.6 Å². The molecule has 1 aliphatic carbocycles. The fraction of sp³-hybridized carbons (Fsp3) is 0.923. The van der Waals surface area contributed by atoms with Crippen molar-refractivity contribution in [1.82, 2.24) is 10.6 Å². The van der Waals surface area contributed by atoms with Gasteiger partial charge in [0, 0.05) is 12.1 Å². The first-order valence-corrected chi connectivity index (χ1v) is 6.71. The minimum atomic E-state index is -0.293. The van der Waals surface area contributed by atoms with Crippen molar-refractivity contribution in [3.8, 4) is 0 Å². The maximum atomic E-state index is 11.7. The van der Waals surface area contributed by atoms with Crippen molar-refractivity contribution >= 4 is 5.91 Å². The predicted molar refractivity (Wildman–Crippen MR) is 68.7 cm³/mol. The van der Waals surface area contributed by atoms with Crippen molar-refractivity contribution in [3.05, 3.63) is 0 Å². The molecule has 0 aromatic rings. The van der Waals surface area contributed by atoms with Gasteiger partial charge < -0.3 is 15.7 Å². The Morgan fingerprint density at radius 2 is 1.94 bits per heavy atom. The van der Waals surface area contributed by atoms with Gasteiger partial charge in [-0.05, 0) is 25.7 Å². The number of nitrogens with one attached hydrogen (secondary N) is 2. The first kappa shape index (κ1) is 14.5. The average Bonchev–Trinajstić information content (AvgIpc) is 2.27. The first-order chi connectivity index (χ1) is 8.00. The van der Waals surface area contributed by atoms with Gasteiger partial charge in [0.15, 0.2) is 0 Å². The molecule has 0 aromatic carbocycles. The Morgan fingerprint density at radius 3 is 2.53 bits per heavy atom. The summed E-state index contributed by atoms with van der Waals surface area (Å²) in [5, 5.41) is 15.9. The van der Waals surface area contributed by atoms with Crippen molar-refractivity contribution in [3.63, 3.8) is 0 Å². The van der Waals surface area contributed by atoms with Gasteiger partial charge in [-0.2, -0.15) is 0 Å². The lowest BCUT2D eigenvalue weighted by atomic mass is 9.92. The van der Waals surface area contributed by atoms with Gasteiger partial charge in [0.2, 0.25) is 5.91 Å². The molecule has 3 N–H and O–H groups in total. The van der Waals surface area contributed by atoms with Crippen molar-refractivity contribution in [2.24, 2.45) is 5.92 Å². The van der Waals surface area contributed by atoms with Gasteiger partial charge in [-0.3, -0.25) is 4.79 Å². The van der Waals surface area contributed by atoms with Crippen molar-refractivity contribution in [2.75, 3.05) is 6.54 Å². The quantitative estimate of drug-likeness (QED) is 0.675. The molecule has 0 saturated heterocycles. The van der Waals surface area contributed by atoms with Crippen molar-refractivity contribution < 1.29 is 9.90 Å². The Balaban J connectivity index is 2.23. The highest BCUT2D eigenvalue weighted by Gasteiger charge is 2.23. The van der Waals surface area contributed by atoms with Crippen molar-refractivity contribution in [1.29, 1.82) is 0 Å². The van der Waals surface area contributed by atoms with E-state index < -0.39 is 0 Å². The van der Waals surface area contributed by atoms with E-state index in [9.17, 15) is 9.90 Å². The monoisotopic (exact) mass is 242 g/mol. The third-order valence-corrected chi connectivity index (χ3v) is 3.64. The standard InChI is InChI=1S/C13H26N2O2/c1-9(2)10(3)15-13(17)8-14-11-6-4-5-7-12(11)16/h9-12,14,16H,4-8H2,1-3H3,(H,15,17). The fourth-order valence-corrected chi connectivity index (χ4v) is 2.04. The Morgan fingerprint density at radius 1 is 1.29 bits per heavy atom. The van der Waals surface area contributed by atoms with Crippen molar-refractivity contribution in [2.45, 2.75) is 64.6 Å². The van der Waals surface area contributed by atoms with Gasteiger partial charge in [-0.15, -0.1) is 0 Å². The average molecular weight is 242 g/mol. The summed E-state index contributed by atoms with van der Waals surface area (Å²) in [6.07, 6.45) is 3.75. The first-order valence-electron chi connectivity index (χ1n) is 6.71. The SMILES string of the molecule is CC(C)C(C)NC(=O)CNC1CCCCC1O. The summed E-state index contributed by atoms with van der Waals surface area (Å²) in [4.78, 5) is 11.7. The van der Waals surface area contributed by atoms with Crippen LogP contribution >= 0.6 is 0 Å². The molecule has 1 aliphatic rings. The summed E-state index contributed by atoms with van der Waals surface area (Å²) in [5.41, 5.74) is 0. The maximum absolute atomic E-state index is 11.7. The zero-order chi connectivity index (χ0) is 12.8. The molecular formula is C13H26N2O2. The highest BCUT2D eigenvalue weighted by atomic mass is 16.3. The molecule has 1 amide bonds. The molecule has 0 bridgehead atoms.